The molecule has 2 aromatic rings. The molecule has 0 bridgehead atoms. The second-order valence-electron chi connectivity index (χ2n) is 5.07. The average molecular weight is 367 g/mol. The normalized spacial score (nSPS) is 12.2. The first-order chi connectivity index (χ1) is 10.5. The van der Waals surface area contributed by atoms with Crippen molar-refractivity contribution in [2.75, 3.05) is 27.7 Å². The SMILES string of the molecule is COc1ccccc1C(CNC(=O)c1coc(Br)c1)N(C)C. The highest BCUT2D eigenvalue weighted by molar-refractivity contribution is 9.10. The number of furan rings is 1. The number of carbonyl (C=O) groups is 1. The summed E-state index contributed by atoms with van der Waals surface area (Å²) in [4.78, 5) is 14.2. The first-order valence-electron chi connectivity index (χ1n) is 6.84. The Kier molecular flexibility index (Phi) is 5.63. The molecule has 5 nitrogen and oxygen atoms in total. The summed E-state index contributed by atoms with van der Waals surface area (Å²) >= 11 is 3.19. The lowest BCUT2D eigenvalue weighted by Crippen LogP contribution is -2.34. The predicted octanol–water partition coefficient (Wildman–Crippen LogP) is 3.08. The summed E-state index contributed by atoms with van der Waals surface area (Å²) in [5.41, 5.74) is 1.52. The molecule has 0 aliphatic carbocycles. The third-order valence-corrected chi connectivity index (χ3v) is 3.82. The second kappa shape index (κ2) is 7.47. The summed E-state index contributed by atoms with van der Waals surface area (Å²) in [6.45, 7) is 0.467. The van der Waals surface area contributed by atoms with Crippen molar-refractivity contribution in [2.45, 2.75) is 6.04 Å². The minimum Gasteiger partial charge on any atom is -0.496 e. The molecule has 1 heterocycles. The molecule has 0 aliphatic rings. The fraction of sp³-hybridized carbons (Fsp3) is 0.312. The molecular weight excluding hydrogens is 348 g/mol. The molecular formula is C16H19BrN2O3. The molecule has 0 aliphatic heterocycles. The van der Waals surface area contributed by atoms with Crippen LogP contribution in [0, 0.1) is 0 Å². The van der Waals surface area contributed by atoms with E-state index in [0.717, 1.165) is 11.3 Å². The van der Waals surface area contributed by atoms with Crippen LogP contribution < -0.4 is 10.1 Å². The Morgan fingerprint density at radius 1 is 1.41 bits per heavy atom. The number of benzene rings is 1. The highest BCUT2D eigenvalue weighted by Crippen LogP contribution is 2.27. The third kappa shape index (κ3) is 3.90. The van der Waals surface area contributed by atoms with Gasteiger partial charge in [-0.3, -0.25) is 4.79 Å². The smallest absolute Gasteiger partial charge is 0.254 e. The van der Waals surface area contributed by atoms with Crippen LogP contribution in [0.2, 0.25) is 0 Å². The van der Waals surface area contributed by atoms with Gasteiger partial charge in [-0.2, -0.15) is 0 Å². The van der Waals surface area contributed by atoms with E-state index in [-0.39, 0.29) is 11.9 Å². The van der Waals surface area contributed by atoms with Crippen LogP contribution in [-0.4, -0.2) is 38.6 Å². The molecule has 0 saturated carbocycles. The quantitative estimate of drug-likeness (QED) is 0.853. The fourth-order valence-electron chi connectivity index (χ4n) is 2.23. The highest BCUT2D eigenvalue weighted by atomic mass is 79.9. The van der Waals surface area contributed by atoms with E-state index in [4.69, 9.17) is 9.15 Å². The Hall–Kier alpha value is -1.79. The zero-order valence-electron chi connectivity index (χ0n) is 12.8. The lowest BCUT2D eigenvalue weighted by atomic mass is 10.0. The maximum absolute atomic E-state index is 12.1. The van der Waals surface area contributed by atoms with Crippen molar-refractivity contribution in [3.05, 3.63) is 52.4 Å². The number of rotatable bonds is 6. The van der Waals surface area contributed by atoms with E-state index in [9.17, 15) is 4.79 Å². The van der Waals surface area contributed by atoms with Crippen molar-refractivity contribution in [1.82, 2.24) is 10.2 Å². The predicted molar refractivity (Wildman–Crippen MR) is 88.2 cm³/mol. The molecule has 1 amide bonds. The van der Waals surface area contributed by atoms with Crippen LogP contribution >= 0.6 is 15.9 Å². The van der Waals surface area contributed by atoms with Gasteiger partial charge in [0.05, 0.1) is 18.7 Å². The van der Waals surface area contributed by atoms with Crippen molar-refractivity contribution in [1.29, 1.82) is 0 Å². The lowest BCUT2D eigenvalue weighted by molar-refractivity contribution is 0.0941. The fourth-order valence-corrected chi connectivity index (χ4v) is 2.57. The number of nitrogens with zero attached hydrogens (tertiary/aromatic N) is 1. The number of methoxy groups -OCH3 is 1. The van der Waals surface area contributed by atoms with E-state index in [1.165, 1.54) is 6.26 Å². The molecule has 0 saturated heterocycles. The topological polar surface area (TPSA) is 54.7 Å². The van der Waals surface area contributed by atoms with Crippen LogP contribution in [0.3, 0.4) is 0 Å². The van der Waals surface area contributed by atoms with Gasteiger partial charge in [-0.05, 0) is 36.1 Å². The van der Waals surface area contributed by atoms with Crippen LogP contribution in [0.1, 0.15) is 22.0 Å². The van der Waals surface area contributed by atoms with Gasteiger partial charge in [-0.15, -0.1) is 0 Å². The second-order valence-corrected chi connectivity index (χ2v) is 5.85. The third-order valence-electron chi connectivity index (χ3n) is 3.41. The van der Waals surface area contributed by atoms with Gasteiger partial charge < -0.3 is 19.4 Å². The van der Waals surface area contributed by atoms with Gasteiger partial charge in [-0.25, -0.2) is 0 Å². The molecule has 2 rings (SSSR count). The summed E-state index contributed by atoms with van der Waals surface area (Å²) in [6, 6.07) is 9.46. The van der Waals surface area contributed by atoms with Crippen LogP contribution in [0.25, 0.3) is 0 Å². The lowest BCUT2D eigenvalue weighted by Gasteiger charge is -2.26. The Morgan fingerprint density at radius 3 is 2.73 bits per heavy atom. The minimum absolute atomic E-state index is 0.00967. The molecule has 0 spiro atoms. The van der Waals surface area contributed by atoms with E-state index in [1.807, 2.05) is 43.3 Å². The zero-order valence-corrected chi connectivity index (χ0v) is 14.4. The summed E-state index contributed by atoms with van der Waals surface area (Å²) < 4.78 is 11.0. The average Bonchev–Trinajstić information content (AvgIpc) is 2.94. The number of nitrogens with one attached hydrogen (secondary N) is 1. The summed E-state index contributed by atoms with van der Waals surface area (Å²) in [6.07, 6.45) is 1.42. The van der Waals surface area contributed by atoms with Gasteiger partial charge in [-0.1, -0.05) is 18.2 Å². The Labute approximate surface area is 138 Å². The number of hydrogen-bond acceptors (Lipinski definition) is 4. The van der Waals surface area contributed by atoms with Crippen molar-refractivity contribution in [3.8, 4) is 5.75 Å². The van der Waals surface area contributed by atoms with Crippen molar-refractivity contribution >= 4 is 21.8 Å². The molecule has 1 unspecified atom stereocenters. The first kappa shape index (κ1) is 16.6. The molecule has 22 heavy (non-hydrogen) atoms. The van der Waals surface area contributed by atoms with Crippen molar-refractivity contribution < 1.29 is 13.9 Å². The summed E-state index contributed by atoms with van der Waals surface area (Å²) in [7, 11) is 5.59. The van der Waals surface area contributed by atoms with E-state index >= 15 is 0 Å². The maximum Gasteiger partial charge on any atom is 0.254 e. The van der Waals surface area contributed by atoms with Crippen molar-refractivity contribution in [3.63, 3.8) is 0 Å². The first-order valence-corrected chi connectivity index (χ1v) is 7.63. The molecule has 1 aromatic heterocycles. The van der Waals surface area contributed by atoms with Gasteiger partial charge in [0.25, 0.3) is 5.91 Å². The van der Waals surface area contributed by atoms with E-state index in [0.29, 0.717) is 16.8 Å². The number of hydrogen-bond donors (Lipinski definition) is 1. The largest absolute Gasteiger partial charge is 0.496 e. The van der Waals surface area contributed by atoms with Gasteiger partial charge in [0, 0.05) is 18.2 Å². The number of halogens is 1. The van der Waals surface area contributed by atoms with Gasteiger partial charge >= 0.3 is 0 Å². The molecule has 118 valence electrons. The number of carbonyl (C=O) groups excluding carboxylic acids is 1. The van der Waals surface area contributed by atoms with E-state index in [1.54, 1.807) is 13.2 Å². The number of para-hydroxylation sites is 1. The maximum atomic E-state index is 12.1. The van der Waals surface area contributed by atoms with Crippen molar-refractivity contribution in [2.24, 2.45) is 0 Å². The molecule has 0 radical (unpaired) electrons. The van der Waals surface area contributed by atoms with Crippen LogP contribution in [0.4, 0.5) is 0 Å². The molecule has 1 aromatic carbocycles. The van der Waals surface area contributed by atoms with Gasteiger partial charge in [0.1, 0.15) is 12.0 Å². The standard InChI is InChI=1S/C16H19BrN2O3/c1-19(2)13(12-6-4-5-7-14(12)21-3)9-18-16(20)11-8-15(17)22-10-11/h4-8,10,13H,9H2,1-3H3,(H,18,20). The van der Waals surface area contributed by atoms with Crippen LogP contribution in [-0.2, 0) is 0 Å². The molecule has 1 atom stereocenters. The monoisotopic (exact) mass is 366 g/mol. The molecule has 6 heteroatoms. The zero-order chi connectivity index (χ0) is 16.1. The summed E-state index contributed by atoms with van der Waals surface area (Å²) in [5, 5.41) is 2.93. The van der Waals surface area contributed by atoms with E-state index in [2.05, 4.69) is 21.2 Å². The number of ether oxygens (including phenoxy) is 1. The summed E-state index contributed by atoms with van der Waals surface area (Å²) in [5.74, 6) is 0.637. The molecule has 1 N–H and O–H groups in total. The minimum atomic E-state index is -0.170. The van der Waals surface area contributed by atoms with Gasteiger partial charge in [0.15, 0.2) is 4.67 Å². The highest BCUT2D eigenvalue weighted by Gasteiger charge is 2.19. The number of likely N-dealkylation sites (N-methyl/N-ethyl adjacent to an activating group) is 1. The Morgan fingerprint density at radius 2 is 2.14 bits per heavy atom. The Balaban J connectivity index is 2.11. The number of amides is 1. The van der Waals surface area contributed by atoms with Gasteiger partial charge in [0.2, 0.25) is 0 Å². The van der Waals surface area contributed by atoms with Crippen LogP contribution in [0.15, 0.2) is 45.7 Å². The van der Waals surface area contributed by atoms with E-state index < -0.39 is 0 Å². The Bertz CT molecular complexity index is 640. The van der Waals surface area contributed by atoms with Crippen LogP contribution in [0.5, 0.6) is 5.75 Å². The molecule has 0 fully saturated rings.